The van der Waals surface area contributed by atoms with Gasteiger partial charge in [-0.1, -0.05) is 25.5 Å². The molecule has 0 aliphatic heterocycles. The van der Waals surface area contributed by atoms with Crippen LogP contribution in [0.25, 0.3) is 11.0 Å². The Hall–Kier alpha value is -3.20. The lowest BCUT2D eigenvalue weighted by atomic mass is 9.70. The second-order valence-corrected chi connectivity index (χ2v) is 9.22. The third-order valence-electron chi connectivity index (χ3n) is 6.47. The summed E-state index contributed by atoms with van der Waals surface area (Å²) in [5.41, 5.74) is 3.36. The zero-order valence-electron chi connectivity index (χ0n) is 20.1. The lowest BCUT2D eigenvalue weighted by Gasteiger charge is -2.37. The molecule has 3 rings (SSSR count). The van der Waals surface area contributed by atoms with Crippen molar-refractivity contribution < 1.29 is 29.0 Å². The number of aromatic nitrogens is 2. The summed E-state index contributed by atoms with van der Waals surface area (Å²) in [6.07, 6.45) is 3.98. The van der Waals surface area contributed by atoms with Crippen LogP contribution >= 0.6 is 0 Å². The van der Waals surface area contributed by atoms with E-state index in [1.54, 1.807) is 12.1 Å². The van der Waals surface area contributed by atoms with Crippen molar-refractivity contribution in [1.29, 1.82) is 0 Å². The van der Waals surface area contributed by atoms with Crippen LogP contribution in [0.15, 0.2) is 29.8 Å². The third-order valence-corrected chi connectivity index (χ3v) is 6.47. The average molecular weight is 472 g/mol. The molecule has 0 fully saturated rings. The van der Waals surface area contributed by atoms with Gasteiger partial charge in [-0.3, -0.25) is 4.79 Å². The molecule has 34 heavy (non-hydrogen) atoms. The fourth-order valence-corrected chi connectivity index (χ4v) is 4.66. The number of carbonyl (C=O) groups is 3. The smallest absolute Gasteiger partial charge is 0.337 e. The highest BCUT2D eigenvalue weighted by Gasteiger charge is 2.32. The van der Waals surface area contributed by atoms with E-state index in [2.05, 4.69) is 37.1 Å². The molecule has 184 valence electrons. The maximum Gasteiger partial charge on any atom is 0.337 e. The molecule has 3 unspecified atom stereocenters. The topological polar surface area (TPSA) is 131 Å². The Morgan fingerprint density at radius 1 is 1.26 bits per heavy atom. The van der Waals surface area contributed by atoms with Crippen molar-refractivity contribution in [3.63, 3.8) is 0 Å². The van der Waals surface area contributed by atoms with Crippen LogP contribution in [0.3, 0.4) is 0 Å². The molecule has 1 aromatic heterocycles. The number of hydrogen-bond acceptors (Lipinski definition) is 6. The maximum atomic E-state index is 12.0. The number of amides is 1. The molecule has 1 aliphatic rings. The summed E-state index contributed by atoms with van der Waals surface area (Å²) in [7, 11) is 1.36. The predicted octanol–water partition coefficient (Wildman–Crippen LogP) is 2.96. The summed E-state index contributed by atoms with van der Waals surface area (Å²) in [5, 5.41) is 11.5. The second kappa shape index (κ2) is 11.3. The molecule has 3 atom stereocenters. The van der Waals surface area contributed by atoms with E-state index in [4.69, 9.17) is 19.6 Å². The summed E-state index contributed by atoms with van der Waals surface area (Å²) >= 11 is 0. The van der Waals surface area contributed by atoms with E-state index in [9.17, 15) is 14.4 Å². The minimum Gasteiger partial charge on any atom is -0.480 e. The van der Waals surface area contributed by atoms with E-state index in [0.29, 0.717) is 29.9 Å². The molecule has 0 saturated carbocycles. The zero-order chi connectivity index (χ0) is 24.8. The van der Waals surface area contributed by atoms with Crippen molar-refractivity contribution in [2.75, 3.05) is 26.9 Å². The minimum atomic E-state index is -1.10. The highest BCUT2D eigenvalue weighted by molar-refractivity contribution is 5.93. The zero-order valence-corrected chi connectivity index (χ0v) is 20.1. The number of H-pyrrole nitrogens is 1. The Morgan fingerprint density at radius 2 is 2.03 bits per heavy atom. The van der Waals surface area contributed by atoms with Gasteiger partial charge in [0.1, 0.15) is 19.0 Å². The van der Waals surface area contributed by atoms with Crippen molar-refractivity contribution in [3.05, 3.63) is 41.2 Å². The number of aromatic amines is 1. The van der Waals surface area contributed by atoms with Crippen molar-refractivity contribution in [3.8, 4) is 0 Å². The third kappa shape index (κ3) is 6.44. The maximum absolute atomic E-state index is 12.0. The summed E-state index contributed by atoms with van der Waals surface area (Å²) in [4.78, 5) is 42.4. The normalized spacial score (nSPS) is 20.3. The van der Waals surface area contributed by atoms with E-state index in [1.165, 1.54) is 12.7 Å². The number of imidazole rings is 1. The average Bonchev–Trinajstić information content (AvgIpc) is 3.19. The summed E-state index contributed by atoms with van der Waals surface area (Å²) < 4.78 is 9.66. The van der Waals surface area contributed by atoms with Crippen LogP contribution in [0, 0.1) is 23.7 Å². The molecule has 2 aromatic rings. The van der Waals surface area contributed by atoms with Crippen molar-refractivity contribution in [2.45, 2.75) is 33.6 Å². The van der Waals surface area contributed by atoms with E-state index < -0.39 is 12.6 Å². The lowest BCUT2D eigenvalue weighted by molar-refractivity contribution is -0.143. The molecule has 3 N–H and O–H groups in total. The molecule has 0 spiro atoms. The van der Waals surface area contributed by atoms with Crippen LogP contribution in [-0.4, -0.2) is 59.8 Å². The monoisotopic (exact) mass is 471 g/mol. The summed E-state index contributed by atoms with van der Waals surface area (Å²) in [6.45, 7) is 6.23. The first kappa shape index (κ1) is 25.4. The van der Waals surface area contributed by atoms with Gasteiger partial charge in [-0.25, -0.2) is 14.6 Å². The molecule has 0 saturated heterocycles. The number of rotatable bonds is 10. The van der Waals surface area contributed by atoms with E-state index >= 15 is 0 Å². The van der Waals surface area contributed by atoms with Crippen LogP contribution < -0.4 is 5.32 Å². The van der Waals surface area contributed by atoms with Gasteiger partial charge in [-0.15, -0.1) is 0 Å². The van der Waals surface area contributed by atoms with Gasteiger partial charge in [0.15, 0.2) is 0 Å². The molecule has 9 heteroatoms. The fourth-order valence-electron chi connectivity index (χ4n) is 4.66. The Kier molecular flexibility index (Phi) is 8.44. The number of nitrogens with one attached hydrogen (secondary N) is 2. The summed E-state index contributed by atoms with van der Waals surface area (Å²) in [6, 6.07) is 5.29. The first-order chi connectivity index (χ1) is 16.2. The number of nitrogens with zero attached hydrogens (tertiary/aromatic N) is 1. The lowest BCUT2D eigenvalue weighted by Crippen LogP contribution is -2.38. The van der Waals surface area contributed by atoms with Gasteiger partial charge < -0.3 is 24.9 Å². The van der Waals surface area contributed by atoms with Crippen molar-refractivity contribution in [2.24, 2.45) is 23.7 Å². The van der Waals surface area contributed by atoms with Crippen LogP contribution in [0.4, 0.5) is 0 Å². The van der Waals surface area contributed by atoms with Gasteiger partial charge in [0, 0.05) is 13.0 Å². The van der Waals surface area contributed by atoms with E-state index in [1.807, 2.05) is 6.07 Å². The Morgan fingerprint density at radius 3 is 2.71 bits per heavy atom. The number of carbonyl (C=O) groups excluding carboxylic acids is 2. The molecule has 1 amide bonds. The van der Waals surface area contributed by atoms with Gasteiger partial charge >= 0.3 is 11.9 Å². The number of benzene rings is 1. The predicted molar refractivity (Wildman–Crippen MR) is 126 cm³/mol. The number of fused-ring (bicyclic) bond motifs is 1. The molecule has 1 heterocycles. The number of ether oxygens (including phenoxy) is 2. The first-order valence-electron chi connectivity index (χ1n) is 11.5. The van der Waals surface area contributed by atoms with Crippen LogP contribution in [0.2, 0.25) is 0 Å². The largest absolute Gasteiger partial charge is 0.480 e. The number of aliphatic carboxylic acids is 1. The number of carboxylic acids is 1. The minimum absolute atomic E-state index is 0.193. The number of allylic oxidation sites excluding steroid dienone is 1. The number of carboxylic acid groups (broad SMARTS) is 1. The SMILES string of the molecule is COC(=O)c1ccc2nc(CC3CC(C(C)C)C(CNC(=O)COCC(=O)O)C=C3C)[nH]c2c1. The number of esters is 1. The Labute approximate surface area is 198 Å². The molecule has 1 aromatic carbocycles. The molecular weight excluding hydrogens is 438 g/mol. The summed E-state index contributed by atoms with van der Waals surface area (Å²) in [5.74, 6) is 0.398. The Bertz CT molecular complexity index is 1070. The quantitative estimate of drug-likeness (QED) is 0.359. The Balaban J connectivity index is 1.66. The molecule has 0 bridgehead atoms. The number of methoxy groups -OCH3 is 1. The van der Waals surface area contributed by atoms with Crippen molar-refractivity contribution in [1.82, 2.24) is 15.3 Å². The van der Waals surface area contributed by atoms with Crippen LogP contribution in [0.1, 0.15) is 43.4 Å². The van der Waals surface area contributed by atoms with Gasteiger partial charge in [0.25, 0.3) is 0 Å². The highest BCUT2D eigenvalue weighted by Crippen LogP contribution is 2.38. The van der Waals surface area contributed by atoms with Crippen molar-refractivity contribution >= 4 is 28.9 Å². The van der Waals surface area contributed by atoms with E-state index in [-0.39, 0.29) is 24.4 Å². The van der Waals surface area contributed by atoms with Gasteiger partial charge in [-0.2, -0.15) is 0 Å². The van der Waals surface area contributed by atoms with Gasteiger partial charge in [0.05, 0.1) is 23.7 Å². The molecule has 1 aliphatic carbocycles. The fraction of sp³-hybridized carbons (Fsp3) is 0.520. The highest BCUT2D eigenvalue weighted by atomic mass is 16.5. The molecule has 0 radical (unpaired) electrons. The van der Waals surface area contributed by atoms with Crippen LogP contribution in [0.5, 0.6) is 0 Å². The molecular formula is C25H33N3O6. The van der Waals surface area contributed by atoms with Crippen LogP contribution in [-0.2, 0) is 25.5 Å². The van der Waals surface area contributed by atoms with Gasteiger partial charge in [-0.05, 0) is 55.2 Å². The standard InChI is InChI=1S/C25H33N3O6/c1-14(2)19-8-17(15(3)7-18(19)11-26-23(29)12-34-13-24(30)31)10-22-27-20-6-5-16(25(32)33-4)9-21(20)28-22/h5-7,9,14,17-19H,8,10-13H2,1-4H3,(H,26,29)(H,27,28)(H,30,31). The molecule has 9 nitrogen and oxygen atoms in total. The van der Waals surface area contributed by atoms with E-state index in [0.717, 1.165) is 29.7 Å². The van der Waals surface area contributed by atoms with Gasteiger partial charge in [0.2, 0.25) is 5.91 Å². The second-order valence-electron chi connectivity index (χ2n) is 9.22. The number of hydrogen-bond donors (Lipinski definition) is 3. The first-order valence-corrected chi connectivity index (χ1v) is 11.5.